The molecule has 3 heteroatoms. The maximum absolute atomic E-state index is 5.23. The molecule has 0 aliphatic carbocycles. The molecule has 0 aliphatic heterocycles. The van der Waals surface area contributed by atoms with Gasteiger partial charge in [-0.2, -0.15) is 5.10 Å². The first-order valence-electron chi connectivity index (χ1n) is 4.28. The van der Waals surface area contributed by atoms with Crippen LogP contribution in [0.2, 0.25) is 0 Å². The molecule has 1 N–H and O–H groups in total. The van der Waals surface area contributed by atoms with E-state index < -0.39 is 0 Å². The SMILES string of the molecule is COC(C)c1[nH]nc2ccccc12. The molecule has 1 atom stereocenters. The average Bonchev–Trinajstić information content (AvgIpc) is 2.60. The van der Waals surface area contributed by atoms with Gasteiger partial charge in [-0.05, 0) is 13.0 Å². The number of hydrogen-bond donors (Lipinski definition) is 1. The highest BCUT2D eigenvalue weighted by Gasteiger charge is 2.10. The Morgan fingerprint density at radius 2 is 2.15 bits per heavy atom. The second-order valence-corrected chi connectivity index (χ2v) is 3.03. The molecular formula is C10H12N2O. The zero-order valence-corrected chi connectivity index (χ0v) is 7.74. The molecular weight excluding hydrogens is 164 g/mol. The molecule has 0 radical (unpaired) electrons. The van der Waals surface area contributed by atoms with Crippen LogP contribution in [-0.4, -0.2) is 17.3 Å². The molecule has 0 amide bonds. The van der Waals surface area contributed by atoms with Gasteiger partial charge in [0, 0.05) is 12.5 Å². The third-order valence-electron chi connectivity index (χ3n) is 2.25. The van der Waals surface area contributed by atoms with E-state index >= 15 is 0 Å². The predicted molar refractivity (Wildman–Crippen MR) is 51.5 cm³/mol. The number of para-hydroxylation sites is 1. The van der Waals surface area contributed by atoms with E-state index in [9.17, 15) is 0 Å². The summed E-state index contributed by atoms with van der Waals surface area (Å²) in [5, 5.41) is 8.31. The van der Waals surface area contributed by atoms with E-state index in [1.54, 1.807) is 7.11 Å². The third-order valence-corrected chi connectivity index (χ3v) is 2.25. The quantitative estimate of drug-likeness (QED) is 0.762. The van der Waals surface area contributed by atoms with Crippen molar-refractivity contribution in [1.29, 1.82) is 0 Å². The molecule has 0 saturated heterocycles. The van der Waals surface area contributed by atoms with Crippen molar-refractivity contribution < 1.29 is 4.74 Å². The van der Waals surface area contributed by atoms with E-state index in [2.05, 4.69) is 10.2 Å². The fourth-order valence-corrected chi connectivity index (χ4v) is 1.41. The molecule has 1 aromatic carbocycles. The highest BCUT2D eigenvalue weighted by molar-refractivity contribution is 5.81. The fourth-order valence-electron chi connectivity index (χ4n) is 1.41. The number of fused-ring (bicyclic) bond motifs is 1. The lowest BCUT2D eigenvalue weighted by Crippen LogP contribution is -1.96. The number of nitrogens with one attached hydrogen (secondary N) is 1. The minimum Gasteiger partial charge on any atom is -0.375 e. The smallest absolute Gasteiger partial charge is 0.0963 e. The first-order chi connectivity index (χ1) is 6.33. The summed E-state index contributed by atoms with van der Waals surface area (Å²) >= 11 is 0. The maximum atomic E-state index is 5.23. The largest absolute Gasteiger partial charge is 0.375 e. The Morgan fingerprint density at radius 3 is 2.92 bits per heavy atom. The summed E-state index contributed by atoms with van der Waals surface area (Å²) in [7, 11) is 1.69. The van der Waals surface area contributed by atoms with Crippen molar-refractivity contribution in [3.63, 3.8) is 0 Å². The Balaban J connectivity index is 2.57. The second kappa shape index (κ2) is 3.18. The van der Waals surface area contributed by atoms with Gasteiger partial charge < -0.3 is 4.74 Å². The average molecular weight is 176 g/mol. The van der Waals surface area contributed by atoms with Gasteiger partial charge in [-0.25, -0.2) is 0 Å². The highest BCUT2D eigenvalue weighted by atomic mass is 16.5. The normalized spacial score (nSPS) is 13.4. The van der Waals surface area contributed by atoms with Gasteiger partial charge in [0.05, 0.1) is 17.3 Å². The van der Waals surface area contributed by atoms with Gasteiger partial charge in [0.15, 0.2) is 0 Å². The van der Waals surface area contributed by atoms with Crippen LogP contribution in [0.5, 0.6) is 0 Å². The first-order valence-corrected chi connectivity index (χ1v) is 4.28. The molecule has 0 aliphatic rings. The topological polar surface area (TPSA) is 37.9 Å². The van der Waals surface area contributed by atoms with E-state index in [0.29, 0.717) is 0 Å². The predicted octanol–water partition coefficient (Wildman–Crippen LogP) is 2.27. The molecule has 1 heterocycles. The standard InChI is InChI=1S/C10H12N2O/c1-7(13-2)10-8-5-3-4-6-9(8)11-12-10/h3-7H,1-2H3,(H,11,12). The number of H-pyrrole nitrogens is 1. The molecule has 68 valence electrons. The number of methoxy groups -OCH3 is 1. The van der Waals surface area contributed by atoms with Gasteiger partial charge in [0.25, 0.3) is 0 Å². The zero-order valence-electron chi connectivity index (χ0n) is 7.74. The minimum atomic E-state index is 0.0624. The third kappa shape index (κ3) is 1.31. The summed E-state index contributed by atoms with van der Waals surface area (Å²) in [5.41, 5.74) is 2.03. The summed E-state index contributed by atoms with van der Waals surface area (Å²) in [6, 6.07) is 8.01. The van der Waals surface area contributed by atoms with Gasteiger partial charge in [0.1, 0.15) is 0 Å². The maximum Gasteiger partial charge on any atom is 0.0963 e. The van der Waals surface area contributed by atoms with E-state index in [-0.39, 0.29) is 6.10 Å². The lowest BCUT2D eigenvalue weighted by molar-refractivity contribution is 0.117. The summed E-state index contributed by atoms with van der Waals surface area (Å²) in [4.78, 5) is 0. The molecule has 0 bridgehead atoms. The van der Waals surface area contributed by atoms with Crippen LogP contribution in [0.3, 0.4) is 0 Å². The zero-order chi connectivity index (χ0) is 9.26. The molecule has 1 aromatic heterocycles. The van der Waals surface area contributed by atoms with Crippen LogP contribution in [0.1, 0.15) is 18.7 Å². The summed E-state index contributed by atoms with van der Waals surface area (Å²) in [6.07, 6.45) is 0.0624. The molecule has 2 aromatic rings. The first kappa shape index (κ1) is 8.26. The van der Waals surface area contributed by atoms with Crippen LogP contribution in [0, 0.1) is 0 Å². The van der Waals surface area contributed by atoms with E-state index in [4.69, 9.17) is 4.74 Å². The number of aromatic amines is 1. The summed E-state index contributed by atoms with van der Waals surface area (Å²) in [5.74, 6) is 0. The summed E-state index contributed by atoms with van der Waals surface area (Å²) in [6.45, 7) is 2.00. The second-order valence-electron chi connectivity index (χ2n) is 3.03. The van der Waals surface area contributed by atoms with Crippen molar-refractivity contribution in [2.24, 2.45) is 0 Å². The molecule has 1 unspecified atom stereocenters. The summed E-state index contributed by atoms with van der Waals surface area (Å²) < 4.78 is 5.23. The molecule has 0 fully saturated rings. The Hall–Kier alpha value is -1.35. The van der Waals surface area contributed by atoms with Crippen molar-refractivity contribution in [3.8, 4) is 0 Å². The lowest BCUT2D eigenvalue weighted by Gasteiger charge is -2.06. The van der Waals surface area contributed by atoms with Crippen molar-refractivity contribution in [1.82, 2.24) is 10.2 Å². The van der Waals surface area contributed by atoms with Crippen molar-refractivity contribution in [2.45, 2.75) is 13.0 Å². The lowest BCUT2D eigenvalue weighted by atomic mass is 10.1. The van der Waals surface area contributed by atoms with Crippen molar-refractivity contribution >= 4 is 10.9 Å². The van der Waals surface area contributed by atoms with Gasteiger partial charge in [0.2, 0.25) is 0 Å². The number of nitrogens with zero attached hydrogens (tertiary/aromatic N) is 1. The Labute approximate surface area is 76.7 Å². The number of aromatic nitrogens is 2. The Morgan fingerprint density at radius 1 is 1.38 bits per heavy atom. The van der Waals surface area contributed by atoms with E-state index in [1.165, 1.54) is 0 Å². The molecule has 2 rings (SSSR count). The fraction of sp³-hybridized carbons (Fsp3) is 0.300. The van der Waals surface area contributed by atoms with Gasteiger partial charge in [-0.1, -0.05) is 18.2 Å². The number of rotatable bonds is 2. The highest BCUT2D eigenvalue weighted by Crippen LogP contribution is 2.22. The minimum absolute atomic E-state index is 0.0624. The molecule has 0 saturated carbocycles. The van der Waals surface area contributed by atoms with Crippen LogP contribution in [0.25, 0.3) is 10.9 Å². The van der Waals surface area contributed by atoms with Gasteiger partial charge in [-0.15, -0.1) is 0 Å². The molecule has 13 heavy (non-hydrogen) atoms. The van der Waals surface area contributed by atoms with Crippen molar-refractivity contribution in [2.75, 3.05) is 7.11 Å². The van der Waals surface area contributed by atoms with Gasteiger partial charge in [-0.3, -0.25) is 5.10 Å². The van der Waals surface area contributed by atoms with Crippen LogP contribution in [0.4, 0.5) is 0 Å². The molecule has 0 spiro atoms. The van der Waals surface area contributed by atoms with Crippen LogP contribution >= 0.6 is 0 Å². The Bertz CT molecular complexity index is 408. The van der Waals surface area contributed by atoms with Crippen LogP contribution in [0.15, 0.2) is 24.3 Å². The van der Waals surface area contributed by atoms with Crippen molar-refractivity contribution in [3.05, 3.63) is 30.0 Å². The monoisotopic (exact) mass is 176 g/mol. The Kier molecular flexibility index (Phi) is 2.02. The number of ether oxygens (including phenoxy) is 1. The van der Waals surface area contributed by atoms with Gasteiger partial charge >= 0.3 is 0 Å². The van der Waals surface area contributed by atoms with E-state index in [1.807, 2.05) is 31.2 Å². The molecule has 3 nitrogen and oxygen atoms in total. The van der Waals surface area contributed by atoms with E-state index in [0.717, 1.165) is 16.6 Å². The number of benzene rings is 1. The number of hydrogen-bond acceptors (Lipinski definition) is 2. The van der Waals surface area contributed by atoms with Crippen LogP contribution < -0.4 is 0 Å². The van der Waals surface area contributed by atoms with Crippen LogP contribution in [-0.2, 0) is 4.74 Å².